The molecule has 0 saturated carbocycles. The predicted molar refractivity (Wildman–Crippen MR) is 77.1 cm³/mol. The predicted octanol–water partition coefficient (Wildman–Crippen LogP) is 3.52. The van der Waals surface area contributed by atoms with E-state index in [0.29, 0.717) is 6.07 Å². The van der Waals surface area contributed by atoms with E-state index in [4.69, 9.17) is 0 Å². The van der Waals surface area contributed by atoms with E-state index in [1.807, 2.05) is 0 Å². The minimum absolute atomic E-state index is 0.153. The first-order valence-electron chi connectivity index (χ1n) is 6.15. The second-order valence-corrected chi connectivity index (χ2v) is 4.26. The smallest absolute Gasteiger partial charge is 0.276 e. The molecule has 2 rings (SSSR count). The van der Waals surface area contributed by atoms with Gasteiger partial charge < -0.3 is 5.32 Å². The van der Waals surface area contributed by atoms with Crippen LogP contribution in [0.1, 0.15) is 5.56 Å². The number of amides is 1. The summed E-state index contributed by atoms with van der Waals surface area (Å²) >= 11 is 0. The van der Waals surface area contributed by atoms with Crippen LogP contribution in [0.5, 0.6) is 0 Å². The molecule has 0 bridgehead atoms. The standard InChI is InChI=1S/C15H10F2N2O3/c16-11-6-7-13(12(17)9-11)18-15(20)8-5-10-3-1-2-4-14(10)19(21)22/h1-9H,(H,18,20)/b8-5+. The zero-order chi connectivity index (χ0) is 16.1. The molecule has 0 aliphatic heterocycles. The molecule has 2 aromatic carbocycles. The molecule has 7 heteroatoms. The monoisotopic (exact) mass is 304 g/mol. The van der Waals surface area contributed by atoms with Crippen molar-refractivity contribution in [3.05, 3.63) is 75.9 Å². The molecule has 0 aromatic heterocycles. The van der Waals surface area contributed by atoms with Crippen molar-refractivity contribution in [2.45, 2.75) is 0 Å². The van der Waals surface area contributed by atoms with E-state index in [0.717, 1.165) is 18.2 Å². The Labute approximate surface area is 124 Å². The topological polar surface area (TPSA) is 72.2 Å². The number of nitrogens with zero attached hydrogens (tertiary/aromatic N) is 1. The van der Waals surface area contributed by atoms with Gasteiger partial charge in [0.15, 0.2) is 0 Å². The van der Waals surface area contributed by atoms with Crippen LogP contribution in [-0.2, 0) is 4.79 Å². The van der Waals surface area contributed by atoms with Crippen LogP contribution in [0.3, 0.4) is 0 Å². The number of anilines is 1. The van der Waals surface area contributed by atoms with Crippen LogP contribution < -0.4 is 5.32 Å². The highest BCUT2D eigenvalue weighted by Crippen LogP contribution is 2.19. The average Bonchev–Trinajstić information content (AvgIpc) is 2.48. The molecule has 1 N–H and O–H groups in total. The highest BCUT2D eigenvalue weighted by atomic mass is 19.1. The number of hydrogen-bond donors (Lipinski definition) is 1. The van der Waals surface area contributed by atoms with Gasteiger partial charge in [-0.3, -0.25) is 14.9 Å². The molecule has 0 atom stereocenters. The summed E-state index contributed by atoms with van der Waals surface area (Å²) in [6, 6.07) is 8.60. The highest BCUT2D eigenvalue weighted by molar-refractivity contribution is 6.02. The summed E-state index contributed by atoms with van der Waals surface area (Å²) in [5.41, 5.74) is -0.0969. The third kappa shape index (κ3) is 3.72. The van der Waals surface area contributed by atoms with Gasteiger partial charge in [0.05, 0.1) is 16.2 Å². The fraction of sp³-hybridized carbons (Fsp3) is 0. The molecule has 0 aliphatic carbocycles. The number of nitro groups is 1. The van der Waals surface area contributed by atoms with E-state index in [2.05, 4.69) is 5.32 Å². The molecule has 0 unspecified atom stereocenters. The normalized spacial score (nSPS) is 10.6. The molecule has 5 nitrogen and oxygen atoms in total. The second-order valence-electron chi connectivity index (χ2n) is 4.26. The molecule has 0 saturated heterocycles. The number of carbonyl (C=O) groups excluding carboxylic acids is 1. The minimum atomic E-state index is -0.910. The zero-order valence-electron chi connectivity index (χ0n) is 11.1. The highest BCUT2D eigenvalue weighted by Gasteiger charge is 2.10. The SMILES string of the molecule is O=C(/C=C/c1ccccc1[N+](=O)[O-])Nc1ccc(F)cc1F. The Morgan fingerprint density at radius 1 is 1.18 bits per heavy atom. The number of nitrogens with one attached hydrogen (secondary N) is 1. The molecule has 0 heterocycles. The maximum atomic E-state index is 13.4. The Hall–Kier alpha value is -3.09. The maximum Gasteiger partial charge on any atom is 0.276 e. The van der Waals surface area contributed by atoms with Crippen molar-refractivity contribution in [3.8, 4) is 0 Å². The lowest BCUT2D eigenvalue weighted by Crippen LogP contribution is -2.09. The molecule has 0 radical (unpaired) electrons. The summed E-state index contributed by atoms with van der Waals surface area (Å²) in [4.78, 5) is 21.9. The van der Waals surface area contributed by atoms with Crippen molar-refractivity contribution in [3.63, 3.8) is 0 Å². The summed E-state index contributed by atoms with van der Waals surface area (Å²) in [7, 11) is 0. The van der Waals surface area contributed by atoms with Gasteiger partial charge in [0.25, 0.3) is 5.69 Å². The molecule has 112 valence electrons. The molecule has 2 aromatic rings. The quantitative estimate of drug-likeness (QED) is 0.533. The summed E-state index contributed by atoms with van der Waals surface area (Å²) in [6.45, 7) is 0. The lowest BCUT2D eigenvalue weighted by Gasteiger charge is -2.03. The van der Waals surface area contributed by atoms with Gasteiger partial charge in [0.2, 0.25) is 5.91 Å². The summed E-state index contributed by atoms with van der Waals surface area (Å²) in [5.74, 6) is -2.36. The van der Waals surface area contributed by atoms with Gasteiger partial charge in [-0.1, -0.05) is 12.1 Å². The Kier molecular flexibility index (Phi) is 4.57. The minimum Gasteiger partial charge on any atom is -0.320 e. The first kappa shape index (κ1) is 15.3. The van der Waals surface area contributed by atoms with Crippen LogP contribution in [0, 0.1) is 21.7 Å². The molecular weight excluding hydrogens is 294 g/mol. The molecular formula is C15H10F2N2O3. The molecule has 0 fully saturated rings. The number of carbonyl (C=O) groups is 1. The average molecular weight is 304 g/mol. The van der Waals surface area contributed by atoms with Crippen LogP contribution in [0.15, 0.2) is 48.5 Å². The zero-order valence-corrected chi connectivity index (χ0v) is 11.1. The summed E-state index contributed by atoms with van der Waals surface area (Å²) < 4.78 is 26.1. The van der Waals surface area contributed by atoms with Crippen molar-refractivity contribution in [1.82, 2.24) is 0 Å². The fourth-order valence-electron chi connectivity index (χ4n) is 1.73. The maximum absolute atomic E-state index is 13.4. The van der Waals surface area contributed by atoms with E-state index in [-0.39, 0.29) is 16.9 Å². The van der Waals surface area contributed by atoms with Crippen molar-refractivity contribution >= 4 is 23.4 Å². The van der Waals surface area contributed by atoms with Crippen LogP contribution in [0.2, 0.25) is 0 Å². The number of halogens is 2. The first-order valence-corrected chi connectivity index (χ1v) is 6.15. The van der Waals surface area contributed by atoms with Crippen molar-refractivity contribution < 1.29 is 18.5 Å². The van der Waals surface area contributed by atoms with Crippen molar-refractivity contribution in [2.75, 3.05) is 5.32 Å². The number of hydrogen-bond acceptors (Lipinski definition) is 3. The van der Waals surface area contributed by atoms with E-state index in [1.165, 1.54) is 24.3 Å². The van der Waals surface area contributed by atoms with E-state index < -0.39 is 22.5 Å². The third-order valence-electron chi connectivity index (χ3n) is 2.74. The van der Waals surface area contributed by atoms with Gasteiger partial charge in [0, 0.05) is 18.2 Å². The van der Waals surface area contributed by atoms with Crippen LogP contribution in [0.25, 0.3) is 6.08 Å². The van der Waals surface area contributed by atoms with Crippen LogP contribution in [0.4, 0.5) is 20.2 Å². The van der Waals surface area contributed by atoms with E-state index in [1.54, 1.807) is 6.07 Å². The third-order valence-corrected chi connectivity index (χ3v) is 2.74. The van der Waals surface area contributed by atoms with Gasteiger partial charge in [0.1, 0.15) is 11.6 Å². The van der Waals surface area contributed by atoms with Crippen LogP contribution in [-0.4, -0.2) is 10.8 Å². The Balaban J connectivity index is 2.14. The number of para-hydroxylation sites is 1. The Morgan fingerprint density at radius 2 is 1.91 bits per heavy atom. The van der Waals surface area contributed by atoms with Gasteiger partial charge in [-0.25, -0.2) is 8.78 Å². The van der Waals surface area contributed by atoms with E-state index >= 15 is 0 Å². The molecule has 22 heavy (non-hydrogen) atoms. The Bertz CT molecular complexity index is 760. The lowest BCUT2D eigenvalue weighted by atomic mass is 10.1. The van der Waals surface area contributed by atoms with Gasteiger partial charge >= 0.3 is 0 Å². The fourth-order valence-corrected chi connectivity index (χ4v) is 1.73. The molecule has 0 spiro atoms. The van der Waals surface area contributed by atoms with Gasteiger partial charge in [-0.15, -0.1) is 0 Å². The molecule has 0 aliphatic rings. The summed E-state index contributed by atoms with van der Waals surface area (Å²) in [6.07, 6.45) is 2.28. The largest absolute Gasteiger partial charge is 0.320 e. The van der Waals surface area contributed by atoms with E-state index in [9.17, 15) is 23.7 Å². The second kappa shape index (κ2) is 6.57. The first-order chi connectivity index (χ1) is 10.5. The number of nitro benzene ring substituents is 1. The number of benzene rings is 2. The van der Waals surface area contributed by atoms with Gasteiger partial charge in [-0.05, 0) is 24.3 Å². The van der Waals surface area contributed by atoms with Crippen molar-refractivity contribution in [2.24, 2.45) is 0 Å². The van der Waals surface area contributed by atoms with Crippen molar-refractivity contribution in [1.29, 1.82) is 0 Å². The van der Waals surface area contributed by atoms with Gasteiger partial charge in [-0.2, -0.15) is 0 Å². The number of rotatable bonds is 4. The molecule has 1 amide bonds. The van der Waals surface area contributed by atoms with Crippen LogP contribution >= 0.6 is 0 Å². The summed E-state index contributed by atoms with van der Waals surface area (Å²) in [5, 5.41) is 13.0. The lowest BCUT2D eigenvalue weighted by molar-refractivity contribution is -0.385. The Morgan fingerprint density at radius 3 is 2.59 bits per heavy atom.